The number of carbonyl (C=O) groups is 1. The second-order valence-electron chi connectivity index (χ2n) is 6.20. The monoisotopic (exact) mass is 346 g/mol. The topological polar surface area (TPSA) is 57.3 Å². The average molecular weight is 346 g/mol. The molecule has 0 aliphatic carbocycles. The van der Waals surface area contributed by atoms with E-state index in [9.17, 15) is 4.79 Å². The van der Waals surface area contributed by atoms with Crippen molar-refractivity contribution in [2.75, 3.05) is 0 Å². The van der Waals surface area contributed by atoms with E-state index in [2.05, 4.69) is 5.16 Å². The maximum Gasteiger partial charge on any atom is 0.342 e. The van der Waals surface area contributed by atoms with Gasteiger partial charge in [-0.1, -0.05) is 41.6 Å². The van der Waals surface area contributed by atoms with Gasteiger partial charge in [0.25, 0.3) is 0 Å². The fourth-order valence-corrected chi connectivity index (χ4v) is 3.07. The lowest BCUT2D eigenvalue weighted by molar-refractivity contribution is 0.0473. The van der Waals surface area contributed by atoms with E-state index >= 15 is 0 Å². The maximum atomic E-state index is 12.5. The highest BCUT2D eigenvalue weighted by atomic mass is 16.5. The number of benzene rings is 2. The van der Waals surface area contributed by atoms with Crippen molar-refractivity contribution in [1.82, 2.24) is 9.72 Å². The Balaban J connectivity index is 1.68. The third-order valence-corrected chi connectivity index (χ3v) is 4.39. The molecule has 0 aliphatic heterocycles. The smallest absolute Gasteiger partial charge is 0.342 e. The summed E-state index contributed by atoms with van der Waals surface area (Å²) in [6, 6.07) is 19.0. The Kier molecular flexibility index (Phi) is 4.05. The van der Waals surface area contributed by atoms with Crippen LogP contribution in [0.15, 0.2) is 65.2 Å². The van der Waals surface area contributed by atoms with Crippen molar-refractivity contribution in [3.8, 4) is 5.82 Å². The largest absolute Gasteiger partial charge is 0.457 e. The highest BCUT2D eigenvalue weighted by Crippen LogP contribution is 2.27. The van der Waals surface area contributed by atoms with Crippen LogP contribution in [0.2, 0.25) is 0 Å². The zero-order chi connectivity index (χ0) is 18.1. The predicted molar refractivity (Wildman–Crippen MR) is 98.4 cm³/mol. The molecular weight excluding hydrogens is 328 g/mol. The molecule has 0 N–H and O–H groups in total. The van der Waals surface area contributed by atoms with E-state index in [-0.39, 0.29) is 6.61 Å². The number of hydrogen-bond acceptors (Lipinski definition) is 4. The van der Waals surface area contributed by atoms with Crippen molar-refractivity contribution < 1.29 is 14.1 Å². The molecule has 0 spiro atoms. The molecule has 0 amide bonds. The number of nitrogens with zero attached hydrogens (tertiary/aromatic N) is 2. The quantitative estimate of drug-likeness (QED) is 0.507. The molecule has 0 atom stereocenters. The van der Waals surface area contributed by atoms with E-state index in [0.717, 1.165) is 22.3 Å². The van der Waals surface area contributed by atoms with Gasteiger partial charge in [0.15, 0.2) is 11.4 Å². The van der Waals surface area contributed by atoms with E-state index < -0.39 is 5.97 Å². The minimum absolute atomic E-state index is 0.215. The molecule has 0 aliphatic rings. The number of fused-ring (bicyclic) bond motifs is 1. The molecule has 5 heteroatoms. The summed E-state index contributed by atoms with van der Waals surface area (Å²) < 4.78 is 13.0. The molecule has 4 aromatic rings. The normalized spacial score (nSPS) is 11.0. The van der Waals surface area contributed by atoms with Crippen LogP contribution in [0.5, 0.6) is 0 Å². The van der Waals surface area contributed by atoms with Crippen LogP contribution in [-0.2, 0) is 11.3 Å². The summed E-state index contributed by atoms with van der Waals surface area (Å²) in [7, 11) is 0. The summed E-state index contributed by atoms with van der Waals surface area (Å²) in [4.78, 5) is 12.5. The first-order valence-corrected chi connectivity index (χ1v) is 8.40. The number of hydrogen-bond donors (Lipinski definition) is 0. The molecule has 0 radical (unpaired) electrons. The molecule has 0 saturated carbocycles. The molecule has 5 nitrogen and oxygen atoms in total. The van der Waals surface area contributed by atoms with Gasteiger partial charge in [0.05, 0.1) is 5.39 Å². The molecule has 4 rings (SSSR count). The minimum atomic E-state index is -0.428. The minimum Gasteiger partial charge on any atom is -0.457 e. The summed E-state index contributed by atoms with van der Waals surface area (Å²) in [5.74, 6) is 0.251. The van der Waals surface area contributed by atoms with Gasteiger partial charge in [0.1, 0.15) is 12.2 Å². The summed E-state index contributed by atoms with van der Waals surface area (Å²) >= 11 is 0. The second kappa shape index (κ2) is 6.52. The van der Waals surface area contributed by atoms with E-state index in [1.54, 1.807) is 6.07 Å². The van der Waals surface area contributed by atoms with Crippen molar-refractivity contribution in [3.63, 3.8) is 0 Å². The number of para-hydroxylation sites is 1. The molecule has 0 saturated heterocycles. The Morgan fingerprint density at radius 1 is 1.00 bits per heavy atom. The highest BCUT2D eigenvalue weighted by Gasteiger charge is 2.20. The van der Waals surface area contributed by atoms with E-state index in [1.807, 2.05) is 73.0 Å². The second-order valence-corrected chi connectivity index (χ2v) is 6.20. The summed E-state index contributed by atoms with van der Waals surface area (Å²) in [6.45, 7) is 4.23. The Labute approximate surface area is 150 Å². The van der Waals surface area contributed by atoms with Crippen LogP contribution in [0.25, 0.3) is 16.8 Å². The van der Waals surface area contributed by atoms with Gasteiger partial charge in [-0.25, -0.2) is 4.79 Å². The fourth-order valence-electron chi connectivity index (χ4n) is 3.07. The fraction of sp³-hybridized carbons (Fsp3) is 0.143. The number of ether oxygens (including phenoxy) is 1. The average Bonchev–Trinajstić information content (AvgIpc) is 3.23. The standard InChI is InChI=1S/C21H18N2O3/c1-14-11-12-15(2)23(14)20-17-9-6-10-18(19(17)26-22-20)21(24)25-13-16-7-4-3-5-8-16/h3-12H,13H2,1-2H3. The highest BCUT2D eigenvalue weighted by molar-refractivity contribution is 6.03. The first-order valence-electron chi connectivity index (χ1n) is 8.40. The number of carbonyl (C=O) groups excluding carboxylic acids is 1. The van der Waals surface area contributed by atoms with Gasteiger partial charge < -0.3 is 9.26 Å². The van der Waals surface area contributed by atoms with Crippen molar-refractivity contribution in [2.45, 2.75) is 20.5 Å². The summed E-state index contributed by atoms with van der Waals surface area (Å²) in [5.41, 5.74) is 3.85. The third kappa shape index (κ3) is 2.77. The number of rotatable bonds is 4. The lowest BCUT2D eigenvalue weighted by atomic mass is 10.1. The maximum absolute atomic E-state index is 12.5. The summed E-state index contributed by atoms with van der Waals surface area (Å²) in [5, 5.41) is 4.98. The van der Waals surface area contributed by atoms with Gasteiger partial charge in [0.2, 0.25) is 0 Å². The van der Waals surface area contributed by atoms with Crippen molar-refractivity contribution in [1.29, 1.82) is 0 Å². The zero-order valence-electron chi connectivity index (χ0n) is 14.6. The number of esters is 1. The van der Waals surface area contributed by atoms with Crippen LogP contribution in [-0.4, -0.2) is 15.7 Å². The lowest BCUT2D eigenvalue weighted by Gasteiger charge is -2.06. The van der Waals surface area contributed by atoms with Gasteiger partial charge in [0, 0.05) is 11.4 Å². The van der Waals surface area contributed by atoms with E-state index in [1.165, 1.54) is 0 Å². The van der Waals surface area contributed by atoms with Gasteiger partial charge in [-0.2, -0.15) is 0 Å². The zero-order valence-corrected chi connectivity index (χ0v) is 14.6. The first-order chi connectivity index (χ1) is 12.6. The Morgan fingerprint density at radius 2 is 1.73 bits per heavy atom. The van der Waals surface area contributed by atoms with E-state index in [4.69, 9.17) is 9.26 Å². The van der Waals surface area contributed by atoms with Crippen LogP contribution in [0, 0.1) is 13.8 Å². The molecule has 0 unspecified atom stereocenters. The Morgan fingerprint density at radius 3 is 2.46 bits per heavy atom. The predicted octanol–water partition coefficient (Wildman–Crippen LogP) is 4.59. The van der Waals surface area contributed by atoms with Crippen molar-refractivity contribution >= 4 is 16.9 Å². The molecular formula is C21H18N2O3. The number of aryl methyl sites for hydroxylation is 2. The molecule has 0 fully saturated rings. The van der Waals surface area contributed by atoms with Gasteiger partial charge in [-0.3, -0.25) is 4.57 Å². The molecule has 2 aromatic carbocycles. The van der Waals surface area contributed by atoms with Crippen molar-refractivity contribution in [2.24, 2.45) is 0 Å². The van der Waals surface area contributed by atoms with Crippen LogP contribution in [0.1, 0.15) is 27.3 Å². The molecule has 130 valence electrons. The molecule has 2 aromatic heterocycles. The van der Waals surface area contributed by atoms with Crippen LogP contribution < -0.4 is 0 Å². The Hall–Kier alpha value is -3.34. The first kappa shape index (κ1) is 16.1. The Bertz CT molecular complexity index is 1060. The molecule has 0 bridgehead atoms. The van der Waals surface area contributed by atoms with E-state index in [0.29, 0.717) is 17.0 Å². The van der Waals surface area contributed by atoms with Gasteiger partial charge in [-0.15, -0.1) is 0 Å². The molecule has 26 heavy (non-hydrogen) atoms. The van der Waals surface area contributed by atoms with Crippen molar-refractivity contribution in [3.05, 3.63) is 83.2 Å². The number of aromatic nitrogens is 2. The lowest BCUT2D eigenvalue weighted by Crippen LogP contribution is -2.05. The third-order valence-electron chi connectivity index (χ3n) is 4.39. The SMILES string of the molecule is Cc1ccc(C)n1-c1noc2c(C(=O)OCc3ccccc3)cccc12. The summed E-state index contributed by atoms with van der Waals surface area (Å²) in [6.07, 6.45) is 0. The van der Waals surface area contributed by atoms with Crippen LogP contribution in [0.3, 0.4) is 0 Å². The van der Waals surface area contributed by atoms with Gasteiger partial charge >= 0.3 is 5.97 Å². The van der Waals surface area contributed by atoms with Gasteiger partial charge in [-0.05, 0) is 43.7 Å². The van der Waals surface area contributed by atoms with Crippen LogP contribution >= 0.6 is 0 Å². The molecule has 2 heterocycles. The van der Waals surface area contributed by atoms with Crippen LogP contribution in [0.4, 0.5) is 0 Å².